The van der Waals surface area contributed by atoms with Gasteiger partial charge in [-0.15, -0.1) is 0 Å². The summed E-state index contributed by atoms with van der Waals surface area (Å²) in [5.41, 5.74) is 16.6. The third-order valence-electron chi connectivity index (χ3n) is 2.77. The second kappa shape index (κ2) is 9.44. The molecule has 6 N–H and O–H groups in total. The summed E-state index contributed by atoms with van der Waals surface area (Å²) in [6.45, 7) is 2.96. The van der Waals surface area contributed by atoms with Gasteiger partial charge < -0.3 is 17.2 Å². The molecule has 0 saturated carbocycles. The molecular weight excluding hydrogens is 174 g/mol. The van der Waals surface area contributed by atoms with Crippen LogP contribution < -0.4 is 17.2 Å². The molecule has 0 bridgehead atoms. The van der Waals surface area contributed by atoms with Crippen LogP contribution in [0.3, 0.4) is 0 Å². The first-order valence-corrected chi connectivity index (χ1v) is 5.89. The molecule has 3 heteroatoms. The van der Waals surface area contributed by atoms with E-state index in [-0.39, 0.29) is 6.17 Å². The van der Waals surface area contributed by atoms with Crippen LogP contribution in [0.2, 0.25) is 0 Å². The zero-order valence-corrected chi connectivity index (χ0v) is 9.54. The number of rotatable bonds is 9. The maximum Gasteiger partial charge on any atom is 0.0547 e. The van der Waals surface area contributed by atoms with Gasteiger partial charge >= 0.3 is 0 Å². The zero-order chi connectivity index (χ0) is 10.8. The molecule has 0 aliphatic carbocycles. The average molecular weight is 201 g/mol. The van der Waals surface area contributed by atoms with Crippen molar-refractivity contribution in [2.24, 2.45) is 23.1 Å². The highest BCUT2D eigenvalue weighted by molar-refractivity contribution is 4.61. The molecule has 0 fully saturated rings. The van der Waals surface area contributed by atoms with Crippen molar-refractivity contribution >= 4 is 0 Å². The molecule has 0 aliphatic rings. The third kappa shape index (κ3) is 8.48. The maximum absolute atomic E-state index is 5.58. The van der Waals surface area contributed by atoms with Gasteiger partial charge in [0.15, 0.2) is 0 Å². The van der Waals surface area contributed by atoms with Crippen molar-refractivity contribution in [3.8, 4) is 0 Å². The molecule has 0 aromatic rings. The lowest BCUT2D eigenvalue weighted by atomic mass is 10.00. The minimum atomic E-state index is -0.146. The molecule has 0 aliphatic heterocycles. The van der Waals surface area contributed by atoms with Gasteiger partial charge in [0.25, 0.3) is 0 Å². The van der Waals surface area contributed by atoms with Crippen molar-refractivity contribution in [3.63, 3.8) is 0 Å². The van der Waals surface area contributed by atoms with Crippen LogP contribution >= 0.6 is 0 Å². The second-order valence-corrected chi connectivity index (χ2v) is 4.25. The van der Waals surface area contributed by atoms with E-state index < -0.39 is 0 Å². The van der Waals surface area contributed by atoms with Crippen molar-refractivity contribution < 1.29 is 0 Å². The molecule has 0 aromatic carbocycles. The second-order valence-electron chi connectivity index (χ2n) is 4.25. The topological polar surface area (TPSA) is 78.1 Å². The van der Waals surface area contributed by atoms with Gasteiger partial charge in [0.1, 0.15) is 0 Å². The first kappa shape index (κ1) is 13.9. The highest BCUT2D eigenvalue weighted by Gasteiger charge is 2.06. The number of nitrogens with two attached hydrogens (primary N) is 3. The summed E-state index contributed by atoms with van der Waals surface area (Å²) in [6.07, 6.45) is 8.68. The molecule has 1 unspecified atom stereocenters. The smallest absolute Gasteiger partial charge is 0.0547 e. The van der Waals surface area contributed by atoms with Crippen molar-refractivity contribution in [1.82, 2.24) is 0 Å². The van der Waals surface area contributed by atoms with E-state index in [2.05, 4.69) is 6.92 Å². The van der Waals surface area contributed by atoms with Crippen molar-refractivity contribution in [2.45, 2.75) is 58.0 Å². The van der Waals surface area contributed by atoms with Crippen LogP contribution in [0.1, 0.15) is 51.9 Å². The first-order chi connectivity index (χ1) is 6.68. The van der Waals surface area contributed by atoms with Crippen LogP contribution in [0.4, 0.5) is 0 Å². The van der Waals surface area contributed by atoms with E-state index >= 15 is 0 Å². The Bertz CT molecular complexity index is 115. The van der Waals surface area contributed by atoms with Crippen LogP contribution in [0, 0.1) is 5.92 Å². The molecule has 0 radical (unpaired) electrons. The molecular formula is C11H27N3. The zero-order valence-electron chi connectivity index (χ0n) is 9.54. The molecule has 86 valence electrons. The Morgan fingerprint density at radius 1 is 0.857 bits per heavy atom. The summed E-state index contributed by atoms with van der Waals surface area (Å²) >= 11 is 0. The van der Waals surface area contributed by atoms with E-state index in [1.54, 1.807) is 0 Å². The molecule has 3 nitrogen and oxygen atoms in total. The largest absolute Gasteiger partial charge is 0.330 e. The summed E-state index contributed by atoms with van der Waals surface area (Å²) in [6, 6.07) is 0. The molecule has 14 heavy (non-hydrogen) atoms. The van der Waals surface area contributed by atoms with Gasteiger partial charge in [-0.05, 0) is 25.3 Å². The number of unbranched alkanes of at least 4 members (excludes halogenated alkanes) is 5. The van der Waals surface area contributed by atoms with Crippen molar-refractivity contribution in [2.75, 3.05) is 6.54 Å². The van der Waals surface area contributed by atoms with E-state index in [1.807, 2.05) is 0 Å². The van der Waals surface area contributed by atoms with Gasteiger partial charge in [-0.1, -0.05) is 39.0 Å². The van der Waals surface area contributed by atoms with Crippen molar-refractivity contribution in [1.29, 1.82) is 0 Å². The van der Waals surface area contributed by atoms with Gasteiger partial charge in [0, 0.05) is 0 Å². The predicted molar refractivity (Wildman–Crippen MR) is 62.7 cm³/mol. The fourth-order valence-electron chi connectivity index (χ4n) is 1.51. The minimum absolute atomic E-state index is 0.146. The van der Waals surface area contributed by atoms with E-state index in [1.165, 1.54) is 38.5 Å². The number of hydrogen-bond donors (Lipinski definition) is 3. The Morgan fingerprint density at radius 3 is 1.86 bits per heavy atom. The summed E-state index contributed by atoms with van der Waals surface area (Å²) in [4.78, 5) is 0. The molecule has 0 rings (SSSR count). The Labute approximate surface area is 88.4 Å². The highest BCUT2D eigenvalue weighted by Crippen LogP contribution is 2.12. The maximum atomic E-state index is 5.58. The van der Waals surface area contributed by atoms with Gasteiger partial charge in [-0.25, -0.2) is 0 Å². The summed E-state index contributed by atoms with van der Waals surface area (Å²) in [5.74, 6) is 0.457. The average Bonchev–Trinajstić information content (AvgIpc) is 2.16. The lowest BCUT2D eigenvalue weighted by molar-refractivity contribution is 0.412. The Morgan fingerprint density at radius 2 is 1.36 bits per heavy atom. The quantitative estimate of drug-likeness (QED) is 0.391. The van der Waals surface area contributed by atoms with E-state index in [0.29, 0.717) is 5.92 Å². The monoisotopic (exact) mass is 201 g/mol. The van der Waals surface area contributed by atoms with Crippen LogP contribution in [0.15, 0.2) is 0 Å². The Hall–Kier alpha value is -0.120. The lowest BCUT2D eigenvalue weighted by Gasteiger charge is -2.14. The minimum Gasteiger partial charge on any atom is -0.330 e. The fraction of sp³-hybridized carbons (Fsp3) is 1.00. The van der Waals surface area contributed by atoms with Crippen LogP contribution in [-0.2, 0) is 0 Å². The molecule has 1 atom stereocenters. The van der Waals surface area contributed by atoms with E-state index in [9.17, 15) is 0 Å². The standard InChI is InChI=1S/C11H27N3/c1-10(11(13)14)8-6-4-2-3-5-7-9-12/h10-11H,2-9,12-14H2,1H3. The molecule has 0 aromatic heterocycles. The van der Waals surface area contributed by atoms with Crippen molar-refractivity contribution in [3.05, 3.63) is 0 Å². The van der Waals surface area contributed by atoms with Gasteiger partial charge in [0.05, 0.1) is 6.17 Å². The van der Waals surface area contributed by atoms with Gasteiger partial charge in [-0.2, -0.15) is 0 Å². The number of hydrogen-bond acceptors (Lipinski definition) is 3. The predicted octanol–water partition coefficient (Wildman–Crippen LogP) is 1.56. The van der Waals surface area contributed by atoms with Gasteiger partial charge in [0.2, 0.25) is 0 Å². The fourth-order valence-corrected chi connectivity index (χ4v) is 1.51. The highest BCUT2D eigenvalue weighted by atomic mass is 14.9. The lowest BCUT2D eigenvalue weighted by Crippen LogP contribution is -2.37. The SMILES string of the molecule is CC(CCCCCCCCN)C(N)N. The first-order valence-electron chi connectivity index (χ1n) is 5.89. The summed E-state index contributed by atoms with van der Waals surface area (Å²) in [7, 11) is 0. The van der Waals surface area contributed by atoms with E-state index in [4.69, 9.17) is 17.2 Å². The van der Waals surface area contributed by atoms with Gasteiger partial charge in [-0.3, -0.25) is 0 Å². The van der Waals surface area contributed by atoms with Crippen LogP contribution in [-0.4, -0.2) is 12.7 Å². The Balaban J connectivity index is 3.06. The third-order valence-corrected chi connectivity index (χ3v) is 2.77. The molecule has 0 amide bonds. The summed E-state index contributed by atoms with van der Waals surface area (Å²) in [5, 5.41) is 0. The van der Waals surface area contributed by atoms with Crippen LogP contribution in [0.25, 0.3) is 0 Å². The normalized spacial score (nSPS) is 13.5. The Kier molecular flexibility index (Phi) is 9.35. The molecule has 0 heterocycles. The summed E-state index contributed by atoms with van der Waals surface area (Å²) < 4.78 is 0. The molecule has 0 spiro atoms. The molecule has 0 saturated heterocycles. The van der Waals surface area contributed by atoms with E-state index in [0.717, 1.165) is 13.0 Å². The van der Waals surface area contributed by atoms with Crippen LogP contribution in [0.5, 0.6) is 0 Å².